The first-order valence-electron chi connectivity index (χ1n) is 5.50. The molecule has 0 spiro atoms. The second-order valence-electron chi connectivity index (χ2n) is 3.90. The molecule has 0 aliphatic heterocycles. The van der Waals surface area contributed by atoms with Gasteiger partial charge in [0, 0.05) is 12.5 Å². The normalized spacial score (nSPS) is 11.4. The Labute approximate surface area is 111 Å². The van der Waals surface area contributed by atoms with Gasteiger partial charge in [0.2, 0.25) is 5.82 Å². The molecule has 1 aromatic heterocycles. The van der Waals surface area contributed by atoms with Crippen molar-refractivity contribution in [2.24, 2.45) is 0 Å². The second kappa shape index (κ2) is 5.32. The van der Waals surface area contributed by atoms with Crippen LogP contribution in [0.5, 0.6) is 0 Å². The summed E-state index contributed by atoms with van der Waals surface area (Å²) in [5.41, 5.74) is 1.07. The Balaban J connectivity index is 2.14. The molecule has 0 bridgehead atoms. The number of hydrogen-bond donors (Lipinski definition) is 0. The molecule has 0 aliphatic carbocycles. The van der Waals surface area contributed by atoms with Gasteiger partial charge < -0.3 is 9.26 Å². The van der Waals surface area contributed by atoms with Crippen molar-refractivity contribution in [3.05, 3.63) is 35.7 Å². The predicted molar refractivity (Wildman–Crippen MR) is 60.2 cm³/mol. The van der Waals surface area contributed by atoms with Gasteiger partial charge in [0.15, 0.2) is 0 Å². The van der Waals surface area contributed by atoms with E-state index in [0.29, 0.717) is 11.1 Å². The molecule has 0 atom stereocenters. The van der Waals surface area contributed by atoms with Crippen molar-refractivity contribution in [3.8, 4) is 11.4 Å². The number of alkyl halides is 3. The molecule has 2 aromatic rings. The lowest BCUT2D eigenvalue weighted by Gasteiger charge is -2.02. The van der Waals surface area contributed by atoms with Crippen LogP contribution < -0.4 is 0 Å². The molecule has 8 heteroatoms. The molecule has 0 N–H and O–H groups in total. The molecule has 1 aromatic carbocycles. The van der Waals surface area contributed by atoms with Gasteiger partial charge in [-0.05, 0) is 5.56 Å². The monoisotopic (exact) mass is 286 g/mol. The van der Waals surface area contributed by atoms with Crippen molar-refractivity contribution in [3.63, 3.8) is 0 Å². The van der Waals surface area contributed by atoms with Crippen LogP contribution in [0.2, 0.25) is 0 Å². The van der Waals surface area contributed by atoms with Gasteiger partial charge in [-0.25, -0.2) is 0 Å². The average molecular weight is 286 g/mol. The van der Waals surface area contributed by atoms with Crippen LogP contribution in [-0.2, 0) is 22.3 Å². The molecule has 0 radical (unpaired) electrons. The van der Waals surface area contributed by atoms with Crippen LogP contribution in [0.4, 0.5) is 13.2 Å². The molecule has 0 saturated carbocycles. The summed E-state index contributed by atoms with van der Waals surface area (Å²) in [6.07, 6.45) is -4.67. The van der Waals surface area contributed by atoms with Crippen LogP contribution in [0.15, 0.2) is 28.8 Å². The van der Waals surface area contributed by atoms with Gasteiger partial charge in [-0.3, -0.25) is 4.79 Å². The number of benzene rings is 1. The summed E-state index contributed by atoms with van der Waals surface area (Å²) >= 11 is 0. The highest BCUT2D eigenvalue weighted by molar-refractivity contribution is 5.66. The summed E-state index contributed by atoms with van der Waals surface area (Å²) < 4.78 is 45.9. The number of esters is 1. The molecule has 0 fully saturated rings. The number of nitrogens with zero attached hydrogens (tertiary/aromatic N) is 2. The quantitative estimate of drug-likeness (QED) is 0.812. The summed E-state index contributed by atoms with van der Waals surface area (Å²) in [6.45, 7) is 1.38. The lowest BCUT2D eigenvalue weighted by molar-refractivity contribution is -0.159. The number of halogens is 3. The molecular weight excluding hydrogens is 277 g/mol. The molecule has 0 aliphatic rings. The van der Waals surface area contributed by atoms with Gasteiger partial charge in [-0.2, -0.15) is 18.2 Å². The molecule has 20 heavy (non-hydrogen) atoms. The molecule has 0 amide bonds. The number of rotatable bonds is 3. The second-order valence-corrected chi connectivity index (χ2v) is 3.90. The Bertz CT molecular complexity index is 605. The Morgan fingerprint density at radius 1 is 1.30 bits per heavy atom. The number of carbonyl (C=O) groups excluding carboxylic acids is 1. The summed E-state index contributed by atoms with van der Waals surface area (Å²) in [6, 6.07) is 6.23. The molecular formula is C12H9F3N2O3. The zero-order valence-electron chi connectivity index (χ0n) is 10.3. The van der Waals surface area contributed by atoms with E-state index in [-0.39, 0.29) is 12.4 Å². The number of carbonyl (C=O) groups is 1. The van der Waals surface area contributed by atoms with E-state index in [0.717, 1.165) is 0 Å². The van der Waals surface area contributed by atoms with Crippen molar-refractivity contribution in [1.82, 2.24) is 10.1 Å². The maximum atomic E-state index is 12.3. The highest BCUT2D eigenvalue weighted by Crippen LogP contribution is 2.29. The Morgan fingerprint density at radius 3 is 2.45 bits per heavy atom. The van der Waals surface area contributed by atoms with E-state index in [9.17, 15) is 18.0 Å². The smallest absolute Gasteiger partial charge is 0.461 e. The largest absolute Gasteiger partial charge is 0.471 e. The Hall–Kier alpha value is -2.38. The van der Waals surface area contributed by atoms with Crippen molar-refractivity contribution in [1.29, 1.82) is 0 Å². The summed E-state index contributed by atoms with van der Waals surface area (Å²) in [7, 11) is 0. The summed E-state index contributed by atoms with van der Waals surface area (Å²) in [4.78, 5) is 13.9. The standard InChI is InChI=1S/C12H9F3N2O3/c1-7(18)19-6-8-2-4-9(5-3-8)10-16-11(20-17-10)12(13,14)15/h2-5H,6H2,1H3. The van der Waals surface area contributed by atoms with Gasteiger partial charge in [0.1, 0.15) is 6.61 Å². The minimum Gasteiger partial charge on any atom is -0.461 e. The van der Waals surface area contributed by atoms with E-state index >= 15 is 0 Å². The van der Waals surface area contributed by atoms with Crippen LogP contribution in [0.3, 0.4) is 0 Å². The van der Waals surface area contributed by atoms with Crippen molar-refractivity contribution in [2.75, 3.05) is 0 Å². The fraction of sp³-hybridized carbons (Fsp3) is 0.250. The van der Waals surface area contributed by atoms with Crippen LogP contribution in [-0.4, -0.2) is 16.1 Å². The third-order valence-electron chi connectivity index (χ3n) is 2.32. The topological polar surface area (TPSA) is 65.2 Å². The number of aromatic nitrogens is 2. The third-order valence-corrected chi connectivity index (χ3v) is 2.32. The minimum absolute atomic E-state index is 0.0929. The van der Waals surface area contributed by atoms with Crippen LogP contribution in [0.1, 0.15) is 18.4 Å². The van der Waals surface area contributed by atoms with Gasteiger partial charge in [0.25, 0.3) is 0 Å². The third kappa shape index (κ3) is 3.34. The fourth-order valence-corrected chi connectivity index (χ4v) is 1.39. The Morgan fingerprint density at radius 2 is 1.95 bits per heavy atom. The van der Waals surface area contributed by atoms with E-state index in [1.165, 1.54) is 19.1 Å². The van der Waals surface area contributed by atoms with Crippen LogP contribution >= 0.6 is 0 Å². The zero-order valence-corrected chi connectivity index (χ0v) is 10.3. The number of ether oxygens (including phenoxy) is 1. The van der Waals surface area contributed by atoms with E-state index in [4.69, 9.17) is 4.74 Å². The Kier molecular flexibility index (Phi) is 3.73. The van der Waals surface area contributed by atoms with E-state index in [1.54, 1.807) is 12.1 Å². The molecule has 2 rings (SSSR count). The minimum atomic E-state index is -4.67. The number of hydrogen-bond acceptors (Lipinski definition) is 5. The van der Waals surface area contributed by atoms with E-state index in [2.05, 4.69) is 14.7 Å². The first-order valence-corrected chi connectivity index (χ1v) is 5.50. The fourth-order valence-electron chi connectivity index (χ4n) is 1.39. The average Bonchev–Trinajstić information content (AvgIpc) is 2.86. The lowest BCUT2D eigenvalue weighted by Crippen LogP contribution is -2.04. The van der Waals surface area contributed by atoms with E-state index < -0.39 is 18.0 Å². The molecule has 0 saturated heterocycles. The summed E-state index contributed by atoms with van der Waals surface area (Å²) in [5, 5.41) is 3.27. The van der Waals surface area contributed by atoms with E-state index in [1.807, 2.05) is 0 Å². The molecule has 1 heterocycles. The highest BCUT2D eigenvalue weighted by atomic mass is 19.4. The van der Waals surface area contributed by atoms with Gasteiger partial charge in [-0.15, -0.1) is 0 Å². The van der Waals surface area contributed by atoms with Gasteiger partial charge >= 0.3 is 18.0 Å². The first kappa shape index (κ1) is 14.0. The first-order chi connectivity index (χ1) is 9.36. The zero-order chi connectivity index (χ0) is 14.8. The molecule has 5 nitrogen and oxygen atoms in total. The highest BCUT2D eigenvalue weighted by Gasteiger charge is 2.38. The van der Waals surface area contributed by atoms with Crippen molar-refractivity contribution < 1.29 is 27.2 Å². The summed E-state index contributed by atoms with van der Waals surface area (Å²) in [5.74, 6) is -1.96. The van der Waals surface area contributed by atoms with Crippen LogP contribution in [0.25, 0.3) is 11.4 Å². The molecule has 106 valence electrons. The van der Waals surface area contributed by atoms with Crippen molar-refractivity contribution >= 4 is 5.97 Å². The van der Waals surface area contributed by atoms with Crippen LogP contribution in [0, 0.1) is 0 Å². The van der Waals surface area contributed by atoms with Gasteiger partial charge in [0.05, 0.1) is 0 Å². The SMILES string of the molecule is CC(=O)OCc1ccc(-c2noc(C(F)(F)F)n2)cc1. The van der Waals surface area contributed by atoms with Gasteiger partial charge in [-0.1, -0.05) is 29.4 Å². The van der Waals surface area contributed by atoms with Crippen molar-refractivity contribution in [2.45, 2.75) is 19.7 Å². The predicted octanol–water partition coefficient (Wildman–Crippen LogP) is 2.82. The lowest BCUT2D eigenvalue weighted by atomic mass is 10.1. The maximum absolute atomic E-state index is 12.3. The maximum Gasteiger partial charge on any atom is 0.471 e. The molecule has 0 unspecified atom stereocenters.